The van der Waals surface area contributed by atoms with Crippen LogP contribution in [0.25, 0.3) is 0 Å². The molecule has 0 amide bonds. The van der Waals surface area contributed by atoms with Crippen LogP contribution in [0.15, 0.2) is 59.0 Å². The van der Waals surface area contributed by atoms with Gasteiger partial charge in [-0.3, -0.25) is 4.98 Å². The summed E-state index contributed by atoms with van der Waals surface area (Å²) in [6, 6.07) is 13.2. The number of hydrazine groups is 1. The lowest BCUT2D eigenvalue weighted by Gasteiger charge is -2.16. The summed E-state index contributed by atoms with van der Waals surface area (Å²) in [6.07, 6.45) is 0.927. The van der Waals surface area contributed by atoms with Crippen LogP contribution in [0.3, 0.4) is 0 Å². The number of nitrogens with one attached hydrogen (secondary N) is 1. The monoisotopic (exact) mass is 269 g/mol. The Balaban J connectivity index is 1.78. The van der Waals surface area contributed by atoms with E-state index in [2.05, 4.69) is 20.7 Å². The first-order valence-electron chi connectivity index (χ1n) is 6.40. The van der Waals surface area contributed by atoms with Gasteiger partial charge < -0.3 is 5.11 Å². The van der Waals surface area contributed by atoms with Gasteiger partial charge >= 0.3 is 0 Å². The van der Waals surface area contributed by atoms with Crippen molar-refractivity contribution in [1.29, 1.82) is 0 Å². The van der Waals surface area contributed by atoms with E-state index < -0.39 is 6.10 Å². The Morgan fingerprint density at radius 1 is 1.25 bits per heavy atom. The molecule has 2 aromatic rings. The van der Waals surface area contributed by atoms with E-state index in [9.17, 15) is 5.11 Å². The molecule has 0 bridgehead atoms. The first kappa shape index (κ1) is 12.7. The van der Waals surface area contributed by atoms with Crippen molar-refractivity contribution < 1.29 is 5.11 Å². The third kappa shape index (κ3) is 2.52. The zero-order chi connectivity index (χ0) is 13.9. The van der Waals surface area contributed by atoms with Crippen molar-refractivity contribution >= 4 is 5.69 Å². The highest BCUT2D eigenvalue weighted by Gasteiger charge is 2.22. The van der Waals surface area contributed by atoms with Crippen molar-refractivity contribution in [1.82, 2.24) is 10.4 Å². The fourth-order valence-corrected chi connectivity index (χ4v) is 1.98. The number of anilines is 1. The molecule has 20 heavy (non-hydrogen) atoms. The van der Waals surface area contributed by atoms with Crippen LogP contribution in [0.2, 0.25) is 0 Å². The summed E-state index contributed by atoms with van der Waals surface area (Å²) < 4.78 is 0. The molecule has 2 heterocycles. The molecule has 1 aliphatic rings. The molecule has 1 aromatic carbocycles. The average molecular weight is 269 g/mol. The van der Waals surface area contributed by atoms with E-state index in [1.54, 1.807) is 18.2 Å². The van der Waals surface area contributed by atoms with Crippen LogP contribution in [0.4, 0.5) is 5.69 Å². The fourth-order valence-electron chi connectivity index (χ4n) is 1.98. The molecule has 0 aliphatic carbocycles. The standard InChI is InChI=1S/C14H15N5O/c1-10(20)11-5-4-6-12(9-11)19-17-14(16-18-19)13-7-2-3-8-15-13/h2-10,14,17,20H,1H3. The van der Waals surface area contributed by atoms with Gasteiger partial charge in [0.2, 0.25) is 0 Å². The summed E-state index contributed by atoms with van der Waals surface area (Å²) in [4.78, 5) is 4.25. The summed E-state index contributed by atoms with van der Waals surface area (Å²) in [5, 5.41) is 19.4. The van der Waals surface area contributed by atoms with Gasteiger partial charge in [0.15, 0.2) is 6.17 Å². The van der Waals surface area contributed by atoms with E-state index in [1.807, 2.05) is 42.5 Å². The highest BCUT2D eigenvalue weighted by Crippen LogP contribution is 2.25. The quantitative estimate of drug-likeness (QED) is 0.898. The highest BCUT2D eigenvalue weighted by molar-refractivity contribution is 5.47. The van der Waals surface area contributed by atoms with Gasteiger partial charge in [-0.2, -0.15) is 10.5 Å². The van der Waals surface area contributed by atoms with Crippen LogP contribution in [0.1, 0.15) is 30.5 Å². The molecule has 2 N–H and O–H groups in total. The predicted octanol–water partition coefficient (Wildman–Crippen LogP) is 2.53. The maximum absolute atomic E-state index is 9.62. The molecule has 6 nitrogen and oxygen atoms in total. The Morgan fingerprint density at radius 2 is 2.15 bits per heavy atom. The number of hydrogen-bond acceptors (Lipinski definition) is 6. The van der Waals surface area contributed by atoms with Crippen molar-refractivity contribution in [3.63, 3.8) is 0 Å². The number of hydrogen-bond donors (Lipinski definition) is 2. The van der Waals surface area contributed by atoms with E-state index in [1.165, 1.54) is 0 Å². The number of aliphatic hydroxyl groups is 1. The second kappa shape index (κ2) is 5.36. The Kier molecular flexibility index (Phi) is 3.41. The number of aromatic nitrogens is 1. The molecule has 0 radical (unpaired) electrons. The van der Waals surface area contributed by atoms with Crippen LogP contribution in [0.5, 0.6) is 0 Å². The molecule has 0 spiro atoms. The van der Waals surface area contributed by atoms with Crippen molar-refractivity contribution in [2.75, 3.05) is 5.12 Å². The maximum atomic E-state index is 9.62. The first-order chi connectivity index (χ1) is 9.74. The summed E-state index contributed by atoms with van der Waals surface area (Å²) in [6.45, 7) is 1.73. The molecular weight excluding hydrogens is 254 g/mol. The second-order valence-electron chi connectivity index (χ2n) is 4.57. The summed E-state index contributed by atoms with van der Waals surface area (Å²) in [5.74, 6) is 0. The molecule has 0 fully saturated rings. The van der Waals surface area contributed by atoms with Gasteiger partial charge in [-0.15, -0.1) is 5.11 Å². The molecule has 102 valence electrons. The molecule has 6 heteroatoms. The van der Waals surface area contributed by atoms with E-state index >= 15 is 0 Å². The summed E-state index contributed by atoms with van der Waals surface area (Å²) in [5.41, 5.74) is 5.61. The number of nitrogens with zero attached hydrogens (tertiary/aromatic N) is 4. The molecule has 1 aliphatic heterocycles. The number of benzene rings is 1. The van der Waals surface area contributed by atoms with E-state index in [0.29, 0.717) is 0 Å². The molecule has 3 rings (SSSR count). The zero-order valence-electron chi connectivity index (χ0n) is 11.0. The van der Waals surface area contributed by atoms with Gasteiger partial charge in [0, 0.05) is 6.20 Å². The average Bonchev–Trinajstić information content (AvgIpc) is 2.98. The fraction of sp³-hybridized carbons (Fsp3) is 0.214. The molecule has 0 saturated heterocycles. The highest BCUT2D eigenvalue weighted by atomic mass is 16.3. The minimum Gasteiger partial charge on any atom is -0.389 e. The summed E-state index contributed by atoms with van der Waals surface area (Å²) in [7, 11) is 0. The topological polar surface area (TPSA) is 73.1 Å². The van der Waals surface area contributed by atoms with Gasteiger partial charge in [-0.1, -0.05) is 23.4 Å². The number of aliphatic hydroxyl groups excluding tert-OH is 1. The smallest absolute Gasteiger partial charge is 0.183 e. The molecule has 2 atom stereocenters. The maximum Gasteiger partial charge on any atom is 0.183 e. The minimum absolute atomic E-state index is 0.286. The largest absolute Gasteiger partial charge is 0.389 e. The lowest BCUT2D eigenvalue weighted by atomic mass is 10.1. The van der Waals surface area contributed by atoms with E-state index in [4.69, 9.17) is 0 Å². The van der Waals surface area contributed by atoms with Crippen molar-refractivity contribution in [2.24, 2.45) is 10.3 Å². The van der Waals surface area contributed by atoms with Crippen molar-refractivity contribution in [3.05, 3.63) is 59.9 Å². The molecule has 0 saturated carbocycles. The van der Waals surface area contributed by atoms with Crippen LogP contribution in [-0.2, 0) is 0 Å². The zero-order valence-corrected chi connectivity index (χ0v) is 11.0. The molecule has 2 unspecified atom stereocenters. The van der Waals surface area contributed by atoms with Crippen LogP contribution in [-0.4, -0.2) is 10.1 Å². The first-order valence-corrected chi connectivity index (χ1v) is 6.40. The third-order valence-electron chi connectivity index (χ3n) is 3.07. The lowest BCUT2D eigenvalue weighted by molar-refractivity contribution is 0.199. The lowest BCUT2D eigenvalue weighted by Crippen LogP contribution is -2.31. The van der Waals surface area contributed by atoms with E-state index in [0.717, 1.165) is 16.9 Å². The minimum atomic E-state index is -0.513. The van der Waals surface area contributed by atoms with Gasteiger partial charge in [0.25, 0.3) is 0 Å². The van der Waals surface area contributed by atoms with Gasteiger partial charge in [0.05, 0.1) is 17.5 Å². The van der Waals surface area contributed by atoms with Crippen LogP contribution < -0.4 is 10.5 Å². The Hall–Kier alpha value is -2.31. The van der Waals surface area contributed by atoms with Crippen LogP contribution >= 0.6 is 0 Å². The SMILES string of the molecule is CC(O)c1cccc(N2N=NC(c3ccccn3)N2)c1. The third-order valence-corrected chi connectivity index (χ3v) is 3.07. The Bertz CT molecular complexity index is 614. The van der Waals surface area contributed by atoms with Crippen molar-refractivity contribution in [3.8, 4) is 0 Å². The van der Waals surface area contributed by atoms with Gasteiger partial charge in [0.1, 0.15) is 0 Å². The van der Waals surface area contributed by atoms with Crippen molar-refractivity contribution in [2.45, 2.75) is 19.2 Å². The molecular formula is C14H15N5O. The number of rotatable bonds is 3. The normalized spacial score (nSPS) is 19.3. The molecule has 1 aromatic heterocycles. The summed E-state index contributed by atoms with van der Waals surface area (Å²) >= 11 is 0. The predicted molar refractivity (Wildman–Crippen MR) is 74.5 cm³/mol. The Morgan fingerprint density at radius 3 is 2.90 bits per heavy atom. The second-order valence-corrected chi connectivity index (χ2v) is 4.57. The Labute approximate surface area is 116 Å². The van der Waals surface area contributed by atoms with Gasteiger partial charge in [-0.05, 0) is 36.8 Å². The number of pyridine rings is 1. The van der Waals surface area contributed by atoms with E-state index in [-0.39, 0.29) is 6.17 Å². The van der Waals surface area contributed by atoms with Crippen LogP contribution in [0, 0.1) is 0 Å². The van der Waals surface area contributed by atoms with Gasteiger partial charge in [-0.25, -0.2) is 0 Å².